The van der Waals surface area contributed by atoms with E-state index >= 15 is 0 Å². The molecule has 2 rings (SSSR count). The molecule has 0 bridgehead atoms. The molecule has 1 aromatic heterocycles. The molecule has 102 valence electrons. The predicted octanol–water partition coefficient (Wildman–Crippen LogP) is 4.72. The van der Waals surface area contributed by atoms with Crippen LogP contribution >= 0.6 is 34.5 Å². The summed E-state index contributed by atoms with van der Waals surface area (Å²) in [4.78, 5) is 5.56. The summed E-state index contributed by atoms with van der Waals surface area (Å²) in [6.07, 6.45) is 2.78. The molecule has 1 heterocycles. The molecule has 4 heteroatoms. The molecule has 0 saturated heterocycles. The zero-order valence-corrected chi connectivity index (χ0v) is 13.4. The minimum Gasteiger partial charge on any atom is -0.250 e. The van der Waals surface area contributed by atoms with E-state index in [1.807, 2.05) is 25.3 Å². The van der Waals surface area contributed by atoms with Crippen molar-refractivity contribution in [1.82, 2.24) is 4.98 Å². The number of rotatable bonds is 5. The van der Waals surface area contributed by atoms with Crippen LogP contribution in [0.2, 0.25) is 0 Å². The molecule has 0 spiro atoms. The number of nitrogens with zero attached hydrogens (tertiary/aromatic N) is 1. The first-order valence-corrected chi connectivity index (χ1v) is 8.09. The largest absolute Gasteiger partial charge is 0.250 e. The summed E-state index contributed by atoms with van der Waals surface area (Å²) in [5, 5.41) is 1.08. The van der Waals surface area contributed by atoms with Crippen LogP contribution in [0.4, 0.5) is 0 Å². The highest BCUT2D eigenvalue weighted by atomic mass is 35.5. The molecule has 0 aliphatic rings. The van der Waals surface area contributed by atoms with Crippen LogP contribution in [0.15, 0.2) is 30.5 Å². The molecule has 1 aromatic carbocycles. The van der Waals surface area contributed by atoms with Crippen molar-refractivity contribution in [1.29, 1.82) is 0 Å². The lowest BCUT2D eigenvalue weighted by atomic mass is 9.78. The van der Waals surface area contributed by atoms with Gasteiger partial charge in [-0.1, -0.05) is 24.3 Å². The summed E-state index contributed by atoms with van der Waals surface area (Å²) < 4.78 is 0. The standard InChI is InChI=1S/C15H17Cl2NS/c1-11-5-3-4-6-14(11)15(9-16,10-17)7-13-8-18-12(2)19-13/h3-6,8H,7,9-10H2,1-2H3. The van der Waals surface area contributed by atoms with E-state index in [9.17, 15) is 0 Å². The molecule has 1 nitrogen and oxygen atoms in total. The molecule has 0 radical (unpaired) electrons. The summed E-state index contributed by atoms with van der Waals surface area (Å²) in [5.41, 5.74) is 2.27. The topological polar surface area (TPSA) is 12.9 Å². The van der Waals surface area contributed by atoms with E-state index < -0.39 is 0 Å². The van der Waals surface area contributed by atoms with Crippen molar-refractivity contribution in [2.45, 2.75) is 25.7 Å². The van der Waals surface area contributed by atoms with Gasteiger partial charge in [0.15, 0.2) is 0 Å². The minimum absolute atomic E-state index is 0.215. The van der Waals surface area contributed by atoms with Crippen molar-refractivity contribution in [3.05, 3.63) is 51.5 Å². The summed E-state index contributed by atoms with van der Waals surface area (Å²) in [6.45, 7) is 4.13. The second kappa shape index (κ2) is 6.25. The Morgan fingerprint density at radius 2 is 1.84 bits per heavy atom. The Labute approximate surface area is 128 Å². The summed E-state index contributed by atoms with van der Waals surface area (Å²) in [5.74, 6) is 1.02. The molecule has 0 fully saturated rings. The number of hydrogen-bond acceptors (Lipinski definition) is 2. The van der Waals surface area contributed by atoms with Gasteiger partial charge >= 0.3 is 0 Å². The van der Waals surface area contributed by atoms with E-state index in [-0.39, 0.29) is 5.41 Å². The summed E-state index contributed by atoms with van der Waals surface area (Å²) in [7, 11) is 0. The van der Waals surface area contributed by atoms with Crippen LogP contribution in [0.25, 0.3) is 0 Å². The third-order valence-corrected chi connectivity index (χ3v) is 5.35. The maximum Gasteiger partial charge on any atom is 0.0896 e. The molecule has 0 saturated carbocycles. The van der Waals surface area contributed by atoms with E-state index in [1.165, 1.54) is 16.0 Å². The average molecular weight is 314 g/mol. The van der Waals surface area contributed by atoms with Gasteiger partial charge in [0.1, 0.15) is 0 Å². The molecular formula is C15H17Cl2NS. The zero-order valence-electron chi connectivity index (χ0n) is 11.1. The maximum atomic E-state index is 6.29. The number of halogens is 2. The van der Waals surface area contributed by atoms with E-state index in [0.29, 0.717) is 11.8 Å². The van der Waals surface area contributed by atoms with Gasteiger partial charge in [-0.3, -0.25) is 0 Å². The summed E-state index contributed by atoms with van der Waals surface area (Å²) >= 11 is 14.3. The van der Waals surface area contributed by atoms with Crippen molar-refractivity contribution >= 4 is 34.5 Å². The van der Waals surface area contributed by atoms with Gasteiger partial charge in [0, 0.05) is 28.2 Å². The van der Waals surface area contributed by atoms with E-state index in [0.717, 1.165) is 11.4 Å². The fourth-order valence-electron chi connectivity index (χ4n) is 2.36. The Morgan fingerprint density at radius 3 is 2.37 bits per heavy atom. The fraction of sp³-hybridized carbons (Fsp3) is 0.400. The van der Waals surface area contributed by atoms with E-state index in [1.54, 1.807) is 11.3 Å². The number of benzene rings is 1. The highest BCUT2D eigenvalue weighted by Gasteiger charge is 2.32. The second-order valence-electron chi connectivity index (χ2n) is 4.88. The highest BCUT2D eigenvalue weighted by Crippen LogP contribution is 2.34. The van der Waals surface area contributed by atoms with Crippen molar-refractivity contribution in [2.24, 2.45) is 0 Å². The van der Waals surface area contributed by atoms with Crippen molar-refractivity contribution < 1.29 is 0 Å². The predicted molar refractivity (Wildman–Crippen MR) is 84.9 cm³/mol. The van der Waals surface area contributed by atoms with E-state index in [2.05, 4.69) is 24.0 Å². The highest BCUT2D eigenvalue weighted by molar-refractivity contribution is 7.11. The van der Waals surface area contributed by atoms with Crippen molar-refractivity contribution in [2.75, 3.05) is 11.8 Å². The zero-order chi connectivity index (χ0) is 13.9. The third-order valence-electron chi connectivity index (χ3n) is 3.41. The molecule has 0 aliphatic heterocycles. The van der Waals surface area contributed by atoms with Crippen LogP contribution in [-0.2, 0) is 11.8 Å². The van der Waals surface area contributed by atoms with Crippen LogP contribution in [0.3, 0.4) is 0 Å². The quantitative estimate of drug-likeness (QED) is 0.728. The Hall–Kier alpha value is -0.570. The molecule has 0 N–H and O–H groups in total. The monoisotopic (exact) mass is 313 g/mol. The number of aryl methyl sites for hydroxylation is 2. The van der Waals surface area contributed by atoms with Crippen LogP contribution < -0.4 is 0 Å². The van der Waals surface area contributed by atoms with Gasteiger partial charge in [0.05, 0.1) is 5.01 Å². The molecule has 2 aromatic rings. The van der Waals surface area contributed by atoms with Crippen molar-refractivity contribution in [3.8, 4) is 0 Å². The van der Waals surface area contributed by atoms with Crippen LogP contribution in [-0.4, -0.2) is 16.7 Å². The lowest BCUT2D eigenvalue weighted by Crippen LogP contribution is -2.33. The number of hydrogen-bond donors (Lipinski definition) is 0. The average Bonchev–Trinajstić information content (AvgIpc) is 2.82. The molecule has 0 atom stereocenters. The number of alkyl halides is 2. The Morgan fingerprint density at radius 1 is 1.16 bits per heavy atom. The molecule has 0 unspecified atom stereocenters. The van der Waals surface area contributed by atoms with Crippen LogP contribution in [0.1, 0.15) is 21.0 Å². The van der Waals surface area contributed by atoms with Gasteiger partial charge in [-0.05, 0) is 31.4 Å². The smallest absolute Gasteiger partial charge is 0.0896 e. The van der Waals surface area contributed by atoms with Gasteiger partial charge in [-0.15, -0.1) is 34.5 Å². The van der Waals surface area contributed by atoms with Gasteiger partial charge in [0.25, 0.3) is 0 Å². The first-order chi connectivity index (χ1) is 9.11. The summed E-state index contributed by atoms with van der Waals surface area (Å²) in [6, 6.07) is 8.34. The minimum atomic E-state index is -0.215. The SMILES string of the molecule is Cc1ncc(CC(CCl)(CCl)c2ccccc2C)s1. The Balaban J connectivity index is 2.40. The number of aromatic nitrogens is 1. The lowest BCUT2D eigenvalue weighted by molar-refractivity contribution is 0.537. The van der Waals surface area contributed by atoms with Crippen LogP contribution in [0, 0.1) is 13.8 Å². The third kappa shape index (κ3) is 3.13. The molecular weight excluding hydrogens is 297 g/mol. The molecule has 19 heavy (non-hydrogen) atoms. The maximum absolute atomic E-state index is 6.29. The second-order valence-corrected chi connectivity index (χ2v) is 6.74. The van der Waals surface area contributed by atoms with Gasteiger partial charge in [0.2, 0.25) is 0 Å². The van der Waals surface area contributed by atoms with Crippen LogP contribution in [0.5, 0.6) is 0 Å². The first-order valence-electron chi connectivity index (χ1n) is 6.20. The van der Waals surface area contributed by atoms with Crippen molar-refractivity contribution in [3.63, 3.8) is 0 Å². The Bertz CT molecular complexity index is 547. The van der Waals surface area contributed by atoms with Gasteiger partial charge in [-0.2, -0.15) is 0 Å². The fourth-order valence-corrected chi connectivity index (χ4v) is 4.06. The molecule has 0 aliphatic carbocycles. The number of thiazole rings is 1. The van der Waals surface area contributed by atoms with Gasteiger partial charge < -0.3 is 0 Å². The van der Waals surface area contributed by atoms with Gasteiger partial charge in [-0.25, -0.2) is 4.98 Å². The molecule has 0 amide bonds. The Kier molecular flexibility index (Phi) is 4.88. The lowest BCUT2D eigenvalue weighted by Gasteiger charge is -2.31. The first kappa shape index (κ1) is 14.8. The van der Waals surface area contributed by atoms with E-state index in [4.69, 9.17) is 23.2 Å². The normalized spacial score (nSPS) is 11.8.